The number of nitrogens with zero attached hydrogens (tertiary/aromatic N) is 2. The summed E-state index contributed by atoms with van der Waals surface area (Å²) in [6.07, 6.45) is 1.24. The Balaban J connectivity index is 1.86. The summed E-state index contributed by atoms with van der Waals surface area (Å²) in [5, 5.41) is 2.10. The molecule has 1 aliphatic rings. The summed E-state index contributed by atoms with van der Waals surface area (Å²) >= 11 is 1.76. The van der Waals surface area contributed by atoms with Crippen molar-refractivity contribution in [1.82, 2.24) is 9.80 Å². The summed E-state index contributed by atoms with van der Waals surface area (Å²) in [7, 11) is 1.60. The zero-order chi connectivity index (χ0) is 20.1. The monoisotopic (exact) mass is 400 g/mol. The smallest absolute Gasteiger partial charge is 0.242 e. The summed E-state index contributed by atoms with van der Waals surface area (Å²) in [5.41, 5.74) is 3.52. The van der Waals surface area contributed by atoms with Crippen molar-refractivity contribution in [2.75, 3.05) is 33.4 Å². The Bertz CT molecular complexity index is 815. The Morgan fingerprint density at radius 3 is 2.68 bits per heavy atom. The summed E-state index contributed by atoms with van der Waals surface area (Å²) in [6, 6.07) is 10.4. The van der Waals surface area contributed by atoms with Crippen LogP contribution in [-0.2, 0) is 20.7 Å². The number of carbonyl (C=O) groups excluding carboxylic acids is 2. The van der Waals surface area contributed by atoms with Crippen LogP contribution in [0.1, 0.15) is 41.0 Å². The maximum atomic E-state index is 13.3. The molecule has 150 valence electrons. The van der Waals surface area contributed by atoms with Gasteiger partial charge in [0, 0.05) is 31.5 Å². The molecule has 0 aliphatic carbocycles. The third-order valence-corrected chi connectivity index (χ3v) is 6.22. The highest BCUT2D eigenvalue weighted by atomic mass is 32.1. The van der Waals surface area contributed by atoms with Crippen molar-refractivity contribution in [2.45, 2.75) is 32.7 Å². The lowest BCUT2D eigenvalue weighted by Crippen LogP contribution is -2.47. The second kappa shape index (κ2) is 9.34. The average Bonchev–Trinajstić information content (AvgIpc) is 3.19. The molecule has 6 heteroatoms. The van der Waals surface area contributed by atoms with E-state index in [-0.39, 0.29) is 24.4 Å². The molecule has 2 amide bonds. The number of fused-ring (bicyclic) bond motifs is 1. The van der Waals surface area contributed by atoms with Gasteiger partial charge in [0.15, 0.2) is 0 Å². The molecule has 0 spiro atoms. The Morgan fingerprint density at radius 2 is 2.00 bits per heavy atom. The van der Waals surface area contributed by atoms with E-state index in [0.29, 0.717) is 26.1 Å². The molecule has 3 rings (SSSR count). The van der Waals surface area contributed by atoms with Crippen molar-refractivity contribution < 1.29 is 14.3 Å². The first-order valence-corrected chi connectivity index (χ1v) is 10.6. The predicted molar refractivity (Wildman–Crippen MR) is 112 cm³/mol. The van der Waals surface area contributed by atoms with Crippen LogP contribution in [0.5, 0.6) is 0 Å². The highest BCUT2D eigenvalue weighted by molar-refractivity contribution is 7.10. The minimum absolute atomic E-state index is 0.0136. The first kappa shape index (κ1) is 20.6. The van der Waals surface area contributed by atoms with Gasteiger partial charge in [-0.2, -0.15) is 0 Å². The number of methoxy groups -OCH3 is 1. The average molecular weight is 401 g/mol. The molecule has 0 N–H and O–H groups in total. The second-order valence-electron chi connectivity index (χ2n) is 7.11. The molecule has 0 unspecified atom stereocenters. The van der Waals surface area contributed by atoms with Gasteiger partial charge < -0.3 is 14.5 Å². The molecule has 28 heavy (non-hydrogen) atoms. The third-order valence-electron chi connectivity index (χ3n) is 5.23. The SMILES string of the molecule is CCC(=O)N(CCOC)CC(=O)N1CCc2sccc2[C@@H]1c1ccc(C)cc1. The molecule has 2 aromatic rings. The van der Waals surface area contributed by atoms with E-state index in [1.165, 1.54) is 16.0 Å². The van der Waals surface area contributed by atoms with Crippen LogP contribution < -0.4 is 0 Å². The van der Waals surface area contributed by atoms with Gasteiger partial charge in [-0.3, -0.25) is 9.59 Å². The lowest BCUT2D eigenvalue weighted by atomic mass is 9.92. The van der Waals surface area contributed by atoms with Gasteiger partial charge in [0.1, 0.15) is 0 Å². The molecule has 5 nitrogen and oxygen atoms in total. The number of benzene rings is 1. The van der Waals surface area contributed by atoms with E-state index in [1.54, 1.807) is 23.3 Å². The van der Waals surface area contributed by atoms with Crippen molar-refractivity contribution in [3.63, 3.8) is 0 Å². The zero-order valence-electron chi connectivity index (χ0n) is 16.8. The van der Waals surface area contributed by atoms with Crippen molar-refractivity contribution >= 4 is 23.2 Å². The van der Waals surface area contributed by atoms with Crippen LogP contribution in [0.2, 0.25) is 0 Å². The van der Waals surface area contributed by atoms with Crippen LogP contribution >= 0.6 is 11.3 Å². The molecule has 1 aromatic carbocycles. The Morgan fingerprint density at radius 1 is 1.25 bits per heavy atom. The molecule has 1 atom stereocenters. The lowest BCUT2D eigenvalue weighted by molar-refractivity contribution is -0.142. The van der Waals surface area contributed by atoms with Gasteiger partial charge in [0.05, 0.1) is 19.2 Å². The maximum Gasteiger partial charge on any atom is 0.242 e. The summed E-state index contributed by atoms with van der Waals surface area (Å²) in [6.45, 7) is 5.51. The quantitative estimate of drug-likeness (QED) is 0.716. The van der Waals surface area contributed by atoms with Gasteiger partial charge in [0.2, 0.25) is 11.8 Å². The highest BCUT2D eigenvalue weighted by Gasteiger charge is 2.33. The van der Waals surface area contributed by atoms with Gasteiger partial charge in [0.25, 0.3) is 0 Å². The van der Waals surface area contributed by atoms with Crippen LogP contribution in [0.25, 0.3) is 0 Å². The number of amides is 2. The van der Waals surface area contributed by atoms with Crippen molar-refractivity contribution in [3.8, 4) is 0 Å². The van der Waals surface area contributed by atoms with Crippen LogP contribution in [0.4, 0.5) is 0 Å². The van der Waals surface area contributed by atoms with E-state index in [9.17, 15) is 9.59 Å². The van der Waals surface area contributed by atoms with Gasteiger partial charge in [-0.25, -0.2) is 0 Å². The topological polar surface area (TPSA) is 49.9 Å². The normalized spacial score (nSPS) is 16.0. The van der Waals surface area contributed by atoms with E-state index in [2.05, 4.69) is 42.6 Å². The van der Waals surface area contributed by atoms with Crippen LogP contribution in [-0.4, -0.2) is 55.0 Å². The Hall–Kier alpha value is -2.18. The van der Waals surface area contributed by atoms with Gasteiger partial charge in [-0.05, 0) is 35.9 Å². The molecule has 0 bridgehead atoms. The van der Waals surface area contributed by atoms with E-state index in [1.807, 2.05) is 11.8 Å². The number of hydrogen-bond acceptors (Lipinski definition) is 4. The number of aryl methyl sites for hydroxylation is 1. The fourth-order valence-electron chi connectivity index (χ4n) is 3.66. The van der Waals surface area contributed by atoms with Crippen LogP contribution in [0.15, 0.2) is 35.7 Å². The minimum atomic E-state index is -0.0934. The van der Waals surface area contributed by atoms with Gasteiger partial charge in [-0.15, -0.1) is 11.3 Å². The second-order valence-corrected chi connectivity index (χ2v) is 8.11. The summed E-state index contributed by atoms with van der Waals surface area (Å²) in [4.78, 5) is 30.4. The molecule has 0 fully saturated rings. The van der Waals surface area contributed by atoms with Gasteiger partial charge >= 0.3 is 0 Å². The molecule has 1 aliphatic heterocycles. The van der Waals surface area contributed by atoms with E-state index < -0.39 is 0 Å². The zero-order valence-corrected chi connectivity index (χ0v) is 17.6. The number of ether oxygens (including phenoxy) is 1. The number of rotatable bonds is 7. The maximum absolute atomic E-state index is 13.3. The molecule has 1 aromatic heterocycles. The fourth-order valence-corrected chi connectivity index (χ4v) is 4.57. The van der Waals surface area contributed by atoms with Gasteiger partial charge in [-0.1, -0.05) is 36.8 Å². The first-order valence-electron chi connectivity index (χ1n) is 9.74. The van der Waals surface area contributed by atoms with Crippen LogP contribution in [0.3, 0.4) is 0 Å². The minimum Gasteiger partial charge on any atom is -0.383 e. The van der Waals surface area contributed by atoms with Crippen LogP contribution in [0, 0.1) is 6.92 Å². The number of hydrogen-bond donors (Lipinski definition) is 0. The molecule has 2 heterocycles. The Kier molecular flexibility index (Phi) is 6.86. The fraction of sp³-hybridized carbons (Fsp3) is 0.455. The highest BCUT2D eigenvalue weighted by Crippen LogP contribution is 2.37. The van der Waals surface area contributed by atoms with Crippen molar-refractivity contribution in [2.24, 2.45) is 0 Å². The Labute approximate surface area is 170 Å². The lowest BCUT2D eigenvalue weighted by Gasteiger charge is -2.37. The first-order chi connectivity index (χ1) is 13.5. The number of thiophene rings is 1. The van der Waals surface area contributed by atoms with Crippen molar-refractivity contribution in [3.05, 3.63) is 57.3 Å². The standard InChI is InChI=1S/C22H28N2O3S/c1-4-20(25)23(12-13-27-3)15-21(26)24-11-9-19-18(10-14-28-19)22(24)17-7-5-16(2)6-8-17/h5-8,10,14,22H,4,9,11-13,15H2,1-3H3/t22-/m0/s1. The molecular formula is C22H28N2O3S. The predicted octanol–water partition coefficient (Wildman–Crippen LogP) is 3.42. The van der Waals surface area contributed by atoms with E-state index in [0.717, 1.165) is 12.0 Å². The third kappa shape index (κ3) is 4.45. The van der Waals surface area contributed by atoms with Crippen molar-refractivity contribution in [1.29, 1.82) is 0 Å². The summed E-state index contributed by atoms with van der Waals surface area (Å²) < 4.78 is 5.11. The summed E-state index contributed by atoms with van der Waals surface area (Å²) in [5.74, 6) is -0.0363. The molecular weight excluding hydrogens is 372 g/mol. The molecule has 0 radical (unpaired) electrons. The van der Waals surface area contributed by atoms with E-state index in [4.69, 9.17) is 4.74 Å². The number of carbonyl (C=O) groups is 2. The molecule has 0 saturated carbocycles. The van der Waals surface area contributed by atoms with E-state index >= 15 is 0 Å². The largest absolute Gasteiger partial charge is 0.383 e. The molecule has 0 saturated heterocycles.